The van der Waals surface area contributed by atoms with Crippen LogP contribution in [0.2, 0.25) is 0 Å². The van der Waals surface area contributed by atoms with Crippen LogP contribution in [0.5, 0.6) is 0 Å². The van der Waals surface area contributed by atoms with Crippen molar-refractivity contribution >= 4 is 10.0 Å². The Morgan fingerprint density at radius 2 is 1.63 bits per heavy atom. The number of hydrogen-bond acceptors (Lipinski definition) is 3. The molecule has 0 spiro atoms. The van der Waals surface area contributed by atoms with Gasteiger partial charge in [0.1, 0.15) is 5.82 Å². The molecule has 3 aromatic carbocycles. The third-order valence-electron chi connectivity index (χ3n) is 4.86. The Morgan fingerprint density at radius 1 is 0.926 bits per heavy atom. The molecule has 1 aliphatic rings. The molecule has 0 radical (unpaired) electrons. The van der Waals surface area contributed by atoms with E-state index in [2.05, 4.69) is 0 Å². The van der Waals surface area contributed by atoms with Crippen LogP contribution in [0.3, 0.4) is 0 Å². The van der Waals surface area contributed by atoms with Crippen molar-refractivity contribution in [3.05, 3.63) is 101 Å². The number of halogens is 1. The molecule has 0 bridgehead atoms. The number of rotatable bonds is 3. The minimum atomic E-state index is -3.77. The average molecular weight is 383 g/mol. The summed E-state index contributed by atoms with van der Waals surface area (Å²) in [4.78, 5) is 0.0405. The summed E-state index contributed by atoms with van der Waals surface area (Å²) in [5, 5.41) is 5.20. The van der Waals surface area contributed by atoms with Crippen molar-refractivity contribution in [3.8, 4) is 0 Å². The van der Waals surface area contributed by atoms with E-state index in [-0.39, 0.29) is 22.7 Å². The SMILES string of the molecule is NS(=O)(=O)c1ccc(C2c3cc(F)ccc3COC2c2ccccc2)cc1. The van der Waals surface area contributed by atoms with Crippen molar-refractivity contribution < 1.29 is 17.5 Å². The minimum absolute atomic E-state index is 0.0405. The zero-order valence-electron chi connectivity index (χ0n) is 14.4. The van der Waals surface area contributed by atoms with Gasteiger partial charge in [-0.3, -0.25) is 0 Å². The third-order valence-corrected chi connectivity index (χ3v) is 5.79. The van der Waals surface area contributed by atoms with Crippen LogP contribution < -0.4 is 5.14 Å². The van der Waals surface area contributed by atoms with Gasteiger partial charge in [-0.1, -0.05) is 48.5 Å². The van der Waals surface area contributed by atoms with Gasteiger partial charge in [-0.05, 0) is 46.5 Å². The number of nitrogens with two attached hydrogens (primary N) is 1. The first-order valence-electron chi connectivity index (χ1n) is 8.51. The maximum Gasteiger partial charge on any atom is 0.238 e. The molecule has 0 amide bonds. The molecule has 0 saturated carbocycles. The summed E-state index contributed by atoms with van der Waals surface area (Å²) < 4.78 is 43.2. The standard InChI is InChI=1S/C21H18FNO3S/c22-17-9-6-16-13-26-21(15-4-2-1-3-5-15)20(19(16)12-17)14-7-10-18(11-8-14)27(23,24)25/h1-12,20-21H,13H2,(H2,23,24,25). The van der Waals surface area contributed by atoms with Gasteiger partial charge in [0.05, 0.1) is 17.6 Å². The predicted molar refractivity (Wildman–Crippen MR) is 100 cm³/mol. The van der Waals surface area contributed by atoms with Crippen LogP contribution in [0.15, 0.2) is 77.7 Å². The van der Waals surface area contributed by atoms with E-state index >= 15 is 0 Å². The highest BCUT2D eigenvalue weighted by atomic mass is 32.2. The van der Waals surface area contributed by atoms with Gasteiger partial charge in [-0.25, -0.2) is 17.9 Å². The van der Waals surface area contributed by atoms with Gasteiger partial charge in [0.25, 0.3) is 0 Å². The Bertz CT molecular complexity index is 1070. The molecule has 4 nitrogen and oxygen atoms in total. The molecule has 4 rings (SSSR count). The molecule has 2 N–H and O–H groups in total. The van der Waals surface area contributed by atoms with Crippen LogP contribution in [-0.4, -0.2) is 8.42 Å². The maximum atomic E-state index is 14.0. The lowest BCUT2D eigenvalue weighted by Gasteiger charge is -2.34. The summed E-state index contributed by atoms with van der Waals surface area (Å²) in [6.07, 6.45) is -0.305. The number of benzene rings is 3. The predicted octanol–water partition coefficient (Wildman–Crippen LogP) is 3.88. The fourth-order valence-electron chi connectivity index (χ4n) is 3.58. The van der Waals surface area contributed by atoms with E-state index in [4.69, 9.17) is 9.88 Å². The molecule has 138 valence electrons. The molecule has 2 unspecified atom stereocenters. The summed E-state index contributed by atoms with van der Waals surface area (Å²) in [7, 11) is -3.77. The molecule has 1 heterocycles. The number of sulfonamides is 1. The van der Waals surface area contributed by atoms with Crippen molar-refractivity contribution in [2.75, 3.05) is 0 Å². The lowest BCUT2D eigenvalue weighted by molar-refractivity contribution is 0.0148. The Kier molecular flexibility index (Phi) is 4.55. The van der Waals surface area contributed by atoms with Gasteiger partial charge < -0.3 is 4.74 Å². The van der Waals surface area contributed by atoms with E-state index in [1.54, 1.807) is 18.2 Å². The summed E-state index contributed by atoms with van der Waals surface area (Å²) >= 11 is 0. The second-order valence-corrected chi connectivity index (χ2v) is 8.14. The van der Waals surface area contributed by atoms with Crippen molar-refractivity contribution in [2.24, 2.45) is 5.14 Å². The van der Waals surface area contributed by atoms with E-state index in [0.29, 0.717) is 6.61 Å². The molecular weight excluding hydrogens is 365 g/mol. The van der Waals surface area contributed by atoms with Crippen LogP contribution in [0, 0.1) is 5.82 Å². The van der Waals surface area contributed by atoms with Crippen LogP contribution >= 0.6 is 0 Å². The van der Waals surface area contributed by atoms with Gasteiger partial charge in [0, 0.05) is 5.92 Å². The Balaban J connectivity index is 1.85. The van der Waals surface area contributed by atoms with E-state index in [1.807, 2.05) is 30.3 Å². The highest BCUT2D eigenvalue weighted by Crippen LogP contribution is 2.45. The molecule has 0 fully saturated rings. The first kappa shape index (κ1) is 17.9. The minimum Gasteiger partial charge on any atom is -0.368 e. The third kappa shape index (κ3) is 3.51. The summed E-state index contributed by atoms with van der Waals surface area (Å²) in [6, 6.07) is 20.8. The first-order valence-corrected chi connectivity index (χ1v) is 10.1. The van der Waals surface area contributed by atoms with E-state index in [9.17, 15) is 12.8 Å². The van der Waals surface area contributed by atoms with Crippen molar-refractivity contribution in [2.45, 2.75) is 23.5 Å². The lowest BCUT2D eigenvalue weighted by atomic mass is 9.80. The second-order valence-electron chi connectivity index (χ2n) is 6.58. The van der Waals surface area contributed by atoms with Gasteiger partial charge in [-0.15, -0.1) is 0 Å². The first-order chi connectivity index (χ1) is 12.9. The summed E-state index contributed by atoms with van der Waals surface area (Å²) in [5.41, 5.74) is 3.58. The quantitative estimate of drug-likeness (QED) is 0.746. The van der Waals surface area contributed by atoms with Gasteiger partial charge in [-0.2, -0.15) is 0 Å². The normalized spacial score (nSPS) is 19.5. The molecule has 6 heteroatoms. The smallest absolute Gasteiger partial charge is 0.238 e. The molecule has 3 aromatic rings. The van der Waals surface area contributed by atoms with Crippen LogP contribution in [0.25, 0.3) is 0 Å². The fraction of sp³-hybridized carbons (Fsp3) is 0.143. The molecule has 0 aromatic heterocycles. The van der Waals surface area contributed by atoms with Gasteiger partial charge in [0.2, 0.25) is 10.0 Å². The number of primary sulfonamides is 1. The zero-order valence-corrected chi connectivity index (χ0v) is 15.2. The molecule has 0 aliphatic carbocycles. The second kappa shape index (κ2) is 6.88. The summed E-state index contributed by atoms with van der Waals surface area (Å²) in [5.74, 6) is -0.574. The summed E-state index contributed by atoms with van der Waals surface area (Å²) in [6.45, 7) is 0.390. The maximum absolute atomic E-state index is 14.0. The monoisotopic (exact) mass is 383 g/mol. The number of ether oxygens (including phenoxy) is 1. The molecule has 27 heavy (non-hydrogen) atoms. The Labute approximate surface area is 157 Å². The zero-order chi connectivity index (χ0) is 19.0. The molecular formula is C21H18FNO3S. The van der Waals surface area contributed by atoms with Crippen LogP contribution in [0.4, 0.5) is 4.39 Å². The Morgan fingerprint density at radius 3 is 2.30 bits per heavy atom. The van der Waals surface area contributed by atoms with E-state index < -0.39 is 10.0 Å². The Hall–Kier alpha value is -2.54. The molecule has 0 saturated heterocycles. The highest BCUT2D eigenvalue weighted by Gasteiger charge is 2.33. The van der Waals surface area contributed by atoms with Crippen LogP contribution in [0.1, 0.15) is 34.3 Å². The van der Waals surface area contributed by atoms with Gasteiger partial charge in [0.15, 0.2) is 0 Å². The molecule has 1 aliphatic heterocycles. The lowest BCUT2D eigenvalue weighted by Crippen LogP contribution is -2.23. The van der Waals surface area contributed by atoms with E-state index in [0.717, 1.165) is 22.3 Å². The average Bonchev–Trinajstić information content (AvgIpc) is 2.67. The van der Waals surface area contributed by atoms with Gasteiger partial charge >= 0.3 is 0 Å². The van der Waals surface area contributed by atoms with Crippen molar-refractivity contribution in [1.29, 1.82) is 0 Å². The number of fused-ring (bicyclic) bond motifs is 1. The van der Waals surface area contributed by atoms with Crippen LogP contribution in [-0.2, 0) is 21.4 Å². The largest absolute Gasteiger partial charge is 0.368 e. The topological polar surface area (TPSA) is 69.4 Å². The van der Waals surface area contributed by atoms with Crippen molar-refractivity contribution in [1.82, 2.24) is 0 Å². The molecule has 2 atom stereocenters. The number of hydrogen-bond donors (Lipinski definition) is 1. The fourth-order valence-corrected chi connectivity index (χ4v) is 4.09. The van der Waals surface area contributed by atoms with E-state index in [1.165, 1.54) is 24.3 Å². The highest BCUT2D eigenvalue weighted by molar-refractivity contribution is 7.89. The van der Waals surface area contributed by atoms with Crippen molar-refractivity contribution in [3.63, 3.8) is 0 Å².